The lowest BCUT2D eigenvalue weighted by atomic mass is 10.1. The van der Waals surface area contributed by atoms with E-state index in [0.717, 1.165) is 12.8 Å². The van der Waals surface area contributed by atoms with E-state index in [1.54, 1.807) is 18.2 Å². The molecule has 1 saturated carbocycles. The normalized spacial score (nSPS) is 15.3. The molecule has 1 unspecified atom stereocenters. The highest BCUT2D eigenvalue weighted by molar-refractivity contribution is 6.01. The predicted molar refractivity (Wildman–Crippen MR) is 71.2 cm³/mol. The SMILES string of the molecule is COc1cccc(OC)c1C(=O)NC(C(=O)O)C1CC1. The Hall–Kier alpha value is -2.24. The van der Waals surface area contributed by atoms with Gasteiger partial charge in [0, 0.05) is 0 Å². The molecule has 1 atom stereocenters. The number of rotatable bonds is 6. The third-order valence-electron chi connectivity index (χ3n) is 3.30. The summed E-state index contributed by atoms with van der Waals surface area (Å²) in [6.07, 6.45) is 1.64. The topological polar surface area (TPSA) is 84.9 Å². The van der Waals surface area contributed by atoms with Gasteiger partial charge >= 0.3 is 5.97 Å². The van der Waals surface area contributed by atoms with Gasteiger partial charge in [0.15, 0.2) is 0 Å². The first-order valence-electron chi connectivity index (χ1n) is 6.33. The van der Waals surface area contributed by atoms with Crippen molar-refractivity contribution in [3.63, 3.8) is 0 Å². The number of amides is 1. The third-order valence-corrected chi connectivity index (χ3v) is 3.30. The van der Waals surface area contributed by atoms with Gasteiger partial charge in [-0.15, -0.1) is 0 Å². The van der Waals surface area contributed by atoms with E-state index in [1.807, 2.05) is 0 Å². The average Bonchev–Trinajstić information content (AvgIpc) is 3.27. The Morgan fingerprint density at radius 3 is 2.20 bits per heavy atom. The van der Waals surface area contributed by atoms with Gasteiger partial charge in [0.25, 0.3) is 5.91 Å². The van der Waals surface area contributed by atoms with Gasteiger partial charge in [0.2, 0.25) is 0 Å². The molecule has 1 aliphatic carbocycles. The quantitative estimate of drug-likeness (QED) is 0.819. The van der Waals surface area contributed by atoms with Crippen LogP contribution in [0.3, 0.4) is 0 Å². The van der Waals surface area contributed by atoms with Crippen molar-refractivity contribution in [2.45, 2.75) is 18.9 Å². The molecule has 1 amide bonds. The van der Waals surface area contributed by atoms with Crippen molar-refractivity contribution in [3.8, 4) is 11.5 Å². The molecule has 0 spiro atoms. The molecule has 2 rings (SSSR count). The summed E-state index contributed by atoms with van der Waals surface area (Å²) in [6, 6.07) is 4.09. The maximum Gasteiger partial charge on any atom is 0.326 e. The monoisotopic (exact) mass is 279 g/mol. The number of methoxy groups -OCH3 is 2. The number of benzene rings is 1. The van der Waals surface area contributed by atoms with Gasteiger partial charge in [0.1, 0.15) is 23.1 Å². The van der Waals surface area contributed by atoms with Crippen molar-refractivity contribution < 1.29 is 24.2 Å². The minimum atomic E-state index is -1.02. The molecule has 0 radical (unpaired) electrons. The van der Waals surface area contributed by atoms with Crippen LogP contribution < -0.4 is 14.8 Å². The molecular formula is C14H17NO5. The number of carbonyl (C=O) groups is 2. The molecule has 108 valence electrons. The molecule has 1 aromatic rings. The minimum absolute atomic E-state index is 0.0113. The number of carboxylic acid groups (broad SMARTS) is 1. The van der Waals surface area contributed by atoms with Crippen LogP contribution in [0, 0.1) is 5.92 Å². The molecule has 0 saturated heterocycles. The minimum Gasteiger partial charge on any atom is -0.496 e. The van der Waals surface area contributed by atoms with Crippen LogP contribution in [0.2, 0.25) is 0 Å². The molecule has 1 fully saturated rings. The Kier molecular flexibility index (Phi) is 4.12. The second-order valence-electron chi connectivity index (χ2n) is 4.66. The highest BCUT2D eigenvalue weighted by atomic mass is 16.5. The molecule has 6 heteroatoms. The number of carbonyl (C=O) groups excluding carboxylic acids is 1. The van der Waals surface area contributed by atoms with E-state index in [2.05, 4.69) is 5.32 Å². The first kappa shape index (κ1) is 14.2. The summed E-state index contributed by atoms with van der Waals surface area (Å²) in [5, 5.41) is 11.7. The van der Waals surface area contributed by atoms with Crippen LogP contribution >= 0.6 is 0 Å². The number of nitrogens with one attached hydrogen (secondary N) is 1. The van der Waals surface area contributed by atoms with Gasteiger partial charge in [-0.25, -0.2) is 4.79 Å². The zero-order valence-electron chi connectivity index (χ0n) is 11.4. The van der Waals surface area contributed by atoms with E-state index < -0.39 is 17.9 Å². The number of hydrogen-bond donors (Lipinski definition) is 2. The maximum atomic E-state index is 12.3. The van der Waals surface area contributed by atoms with Gasteiger partial charge in [-0.05, 0) is 30.9 Å². The highest BCUT2D eigenvalue weighted by Gasteiger charge is 2.38. The Bertz CT molecular complexity index is 502. The molecule has 2 N–H and O–H groups in total. The van der Waals surface area contributed by atoms with E-state index in [9.17, 15) is 9.59 Å². The van der Waals surface area contributed by atoms with Gasteiger partial charge < -0.3 is 19.9 Å². The molecular weight excluding hydrogens is 262 g/mol. The van der Waals surface area contributed by atoms with Crippen LogP contribution in [0.5, 0.6) is 11.5 Å². The number of carboxylic acids is 1. The highest BCUT2D eigenvalue weighted by Crippen LogP contribution is 2.34. The molecule has 0 bridgehead atoms. The standard InChI is InChI=1S/C14H17NO5/c1-19-9-4-3-5-10(20-2)11(9)13(16)15-12(14(17)18)8-6-7-8/h3-5,8,12H,6-7H2,1-2H3,(H,15,16)(H,17,18). The lowest BCUT2D eigenvalue weighted by Crippen LogP contribution is -2.42. The zero-order valence-corrected chi connectivity index (χ0v) is 11.4. The fraction of sp³-hybridized carbons (Fsp3) is 0.429. The van der Waals surface area contributed by atoms with Crippen LogP contribution in [0.25, 0.3) is 0 Å². The summed E-state index contributed by atoms with van der Waals surface area (Å²) in [5.74, 6) is -0.811. The Morgan fingerprint density at radius 2 is 1.80 bits per heavy atom. The van der Waals surface area contributed by atoms with Crippen LogP contribution in [0.1, 0.15) is 23.2 Å². The van der Waals surface area contributed by atoms with E-state index in [0.29, 0.717) is 11.5 Å². The van der Waals surface area contributed by atoms with E-state index in [4.69, 9.17) is 14.6 Å². The van der Waals surface area contributed by atoms with Crippen molar-refractivity contribution in [1.82, 2.24) is 5.32 Å². The largest absolute Gasteiger partial charge is 0.496 e. The molecule has 0 aromatic heterocycles. The Morgan fingerprint density at radius 1 is 1.25 bits per heavy atom. The summed E-state index contributed by atoms with van der Waals surface area (Å²) in [7, 11) is 2.89. The smallest absolute Gasteiger partial charge is 0.326 e. The second-order valence-corrected chi connectivity index (χ2v) is 4.66. The van der Waals surface area contributed by atoms with E-state index in [1.165, 1.54) is 14.2 Å². The summed E-state index contributed by atoms with van der Waals surface area (Å²) >= 11 is 0. The predicted octanol–water partition coefficient (Wildman–Crippen LogP) is 1.30. The van der Waals surface area contributed by atoms with E-state index in [-0.39, 0.29) is 11.5 Å². The fourth-order valence-electron chi connectivity index (χ4n) is 2.10. The lowest BCUT2D eigenvalue weighted by molar-refractivity contribution is -0.139. The summed E-state index contributed by atoms with van der Waals surface area (Å²) in [4.78, 5) is 23.5. The molecule has 1 aromatic carbocycles. The van der Waals surface area contributed by atoms with Gasteiger partial charge in [0.05, 0.1) is 14.2 Å². The first-order chi connectivity index (χ1) is 9.58. The molecule has 1 aliphatic rings. The fourth-order valence-corrected chi connectivity index (χ4v) is 2.10. The second kappa shape index (κ2) is 5.81. The Balaban J connectivity index is 2.25. The summed E-state index contributed by atoms with van der Waals surface area (Å²) < 4.78 is 10.3. The van der Waals surface area contributed by atoms with E-state index >= 15 is 0 Å². The molecule has 20 heavy (non-hydrogen) atoms. The van der Waals surface area contributed by atoms with Crippen LogP contribution in [0.4, 0.5) is 0 Å². The molecule has 0 heterocycles. The Labute approximate surface area is 116 Å². The van der Waals surface area contributed by atoms with Crippen molar-refractivity contribution in [2.24, 2.45) is 5.92 Å². The van der Waals surface area contributed by atoms with Crippen molar-refractivity contribution in [1.29, 1.82) is 0 Å². The molecule has 6 nitrogen and oxygen atoms in total. The number of ether oxygens (including phenoxy) is 2. The first-order valence-corrected chi connectivity index (χ1v) is 6.33. The lowest BCUT2D eigenvalue weighted by Gasteiger charge is -2.16. The van der Waals surface area contributed by atoms with Crippen LogP contribution in [-0.4, -0.2) is 37.2 Å². The number of hydrogen-bond acceptors (Lipinski definition) is 4. The van der Waals surface area contributed by atoms with Crippen LogP contribution in [-0.2, 0) is 4.79 Å². The zero-order chi connectivity index (χ0) is 14.7. The average molecular weight is 279 g/mol. The maximum absolute atomic E-state index is 12.3. The van der Waals surface area contributed by atoms with Crippen molar-refractivity contribution >= 4 is 11.9 Å². The van der Waals surface area contributed by atoms with Crippen molar-refractivity contribution in [2.75, 3.05) is 14.2 Å². The van der Waals surface area contributed by atoms with Gasteiger partial charge in [-0.2, -0.15) is 0 Å². The van der Waals surface area contributed by atoms with Gasteiger partial charge in [-0.3, -0.25) is 4.79 Å². The summed E-state index contributed by atoms with van der Waals surface area (Å²) in [6.45, 7) is 0. The summed E-state index contributed by atoms with van der Waals surface area (Å²) in [5.41, 5.74) is 0.212. The third kappa shape index (κ3) is 2.84. The van der Waals surface area contributed by atoms with Gasteiger partial charge in [-0.1, -0.05) is 6.07 Å². The number of aliphatic carboxylic acids is 1. The van der Waals surface area contributed by atoms with Crippen LogP contribution in [0.15, 0.2) is 18.2 Å². The molecule has 0 aliphatic heterocycles. The van der Waals surface area contributed by atoms with Crippen molar-refractivity contribution in [3.05, 3.63) is 23.8 Å².